The molecule has 0 saturated carbocycles. The molecule has 0 fully saturated rings. The van der Waals surface area contributed by atoms with Crippen molar-refractivity contribution < 1.29 is 5.11 Å². The molecule has 96 valence electrons. The van der Waals surface area contributed by atoms with Crippen LogP contribution >= 0.6 is 11.8 Å². The van der Waals surface area contributed by atoms with E-state index in [4.69, 9.17) is 0 Å². The van der Waals surface area contributed by atoms with E-state index in [2.05, 4.69) is 11.1 Å². The number of rotatable bonds is 2. The molecular weight excluding hydrogens is 268 g/mol. The zero-order valence-electron chi connectivity index (χ0n) is 10.4. The van der Waals surface area contributed by atoms with Crippen molar-refractivity contribution >= 4 is 22.7 Å². The predicted octanol–water partition coefficient (Wildman–Crippen LogP) is 3.96. The van der Waals surface area contributed by atoms with E-state index in [1.54, 1.807) is 24.3 Å². The molecule has 0 bridgehead atoms. The molecule has 0 aliphatic rings. The summed E-state index contributed by atoms with van der Waals surface area (Å²) in [5.41, 5.74) is 1.41. The van der Waals surface area contributed by atoms with Crippen molar-refractivity contribution in [1.82, 2.24) is 4.98 Å². The smallest absolute Gasteiger partial charge is 0.116 e. The van der Waals surface area contributed by atoms with Gasteiger partial charge >= 0.3 is 0 Å². The van der Waals surface area contributed by atoms with Gasteiger partial charge in [-0.1, -0.05) is 36.0 Å². The van der Waals surface area contributed by atoms with Crippen LogP contribution in [0.4, 0.5) is 0 Å². The van der Waals surface area contributed by atoms with E-state index < -0.39 is 0 Å². The Hall–Kier alpha value is -2.51. The van der Waals surface area contributed by atoms with Gasteiger partial charge in [-0.15, -0.1) is 0 Å². The Balaban J connectivity index is 2.06. The van der Waals surface area contributed by atoms with Gasteiger partial charge in [-0.25, -0.2) is 4.98 Å². The van der Waals surface area contributed by atoms with Gasteiger partial charge in [0, 0.05) is 10.3 Å². The first-order valence-electron chi connectivity index (χ1n) is 6.03. The van der Waals surface area contributed by atoms with Crippen molar-refractivity contribution in [2.75, 3.05) is 0 Å². The number of aromatic nitrogens is 1. The first-order valence-corrected chi connectivity index (χ1v) is 6.85. The molecule has 1 aromatic heterocycles. The van der Waals surface area contributed by atoms with Crippen molar-refractivity contribution in [3.63, 3.8) is 0 Å². The molecule has 0 atom stereocenters. The Labute approximate surface area is 120 Å². The number of fused-ring (bicyclic) bond motifs is 1. The van der Waals surface area contributed by atoms with Crippen LogP contribution in [-0.4, -0.2) is 10.1 Å². The number of nitrogens with zero attached hydrogens (tertiary/aromatic N) is 2. The molecule has 0 saturated heterocycles. The number of pyridine rings is 1. The lowest BCUT2D eigenvalue weighted by Gasteiger charge is -2.05. The second-order valence-corrected chi connectivity index (χ2v) is 5.33. The predicted molar refractivity (Wildman–Crippen MR) is 78.7 cm³/mol. The Morgan fingerprint density at radius 2 is 1.90 bits per heavy atom. The Bertz CT molecular complexity index is 824. The van der Waals surface area contributed by atoms with Crippen molar-refractivity contribution in [2.24, 2.45) is 0 Å². The summed E-state index contributed by atoms with van der Waals surface area (Å²) >= 11 is 1.42. The van der Waals surface area contributed by atoms with Crippen LogP contribution in [0.15, 0.2) is 64.5 Å². The van der Waals surface area contributed by atoms with E-state index in [9.17, 15) is 10.4 Å². The highest BCUT2D eigenvalue weighted by atomic mass is 32.2. The maximum Gasteiger partial charge on any atom is 0.116 e. The number of hydrogen-bond acceptors (Lipinski definition) is 4. The Kier molecular flexibility index (Phi) is 3.28. The second-order valence-electron chi connectivity index (χ2n) is 4.24. The van der Waals surface area contributed by atoms with Gasteiger partial charge in [0.05, 0.1) is 17.1 Å². The molecule has 3 nitrogen and oxygen atoms in total. The maximum atomic E-state index is 9.48. The highest BCUT2D eigenvalue weighted by Gasteiger charge is 2.06. The van der Waals surface area contributed by atoms with Crippen molar-refractivity contribution in [3.05, 3.63) is 60.2 Å². The molecule has 2 aromatic carbocycles. The molecule has 3 rings (SSSR count). The van der Waals surface area contributed by atoms with Gasteiger partial charge < -0.3 is 5.11 Å². The summed E-state index contributed by atoms with van der Waals surface area (Å²) in [6.45, 7) is 0. The first-order chi connectivity index (χ1) is 9.76. The van der Waals surface area contributed by atoms with Crippen LogP contribution in [0.5, 0.6) is 5.75 Å². The minimum absolute atomic E-state index is 0.219. The highest BCUT2D eigenvalue weighted by molar-refractivity contribution is 7.99. The quantitative estimate of drug-likeness (QED) is 0.770. The highest BCUT2D eigenvalue weighted by Crippen LogP contribution is 2.30. The number of nitriles is 1. The Morgan fingerprint density at radius 1 is 1.05 bits per heavy atom. The summed E-state index contributed by atoms with van der Waals surface area (Å²) in [7, 11) is 0. The number of aromatic hydroxyl groups is 1. The SMILES string of the molecule is N#Cc1cc(Sc2cccc(O)c2)nc2ccccc12. The van der Waals surface area contributed by atoms with Crippen LogP contribution < -0.4 is 0 Å². The minimum atomic E-state index is 0.219. The van der Waals surface area contributed by atoms with Crippen LogP contribution in [-0.2, 0) is 0 Å². The van der Waals surface area contributed by atoms with E-state index >= 15 is 0 Å². The zero-order valence-corrected chi connectivity index (χ0v) is 11.3. The Morgan fingerprint density at radius 3 is 2.70 bits per heavy atom. The average Bonchev–Trinajstić information content (AvgIpc) is 2.46. The van der Waals surface area contributed by atoms with Crippen LogP contribution in [0.25, 0.3) is 10.9 Å². The van der Waals surface area contributed by atoms with Crippen LogP contribution in [0.2, 0.25) is 0 Å². The lowest BCUT2D eigenvalue weighted by molar-refractivity contribution is 0.474. The number of phenolic OH excluding ortho intramolecular Hbond substituents is 1. The van der Waals surface area contributed by atoms with Gasteiger partial charge in [0.25, 0.3) is 0 Å². The summed E-state index contributed by atoms with van der Waals surface area (Å²) in [6, 6.07) is 18.5. The molecular formula is C16H10N2OS. The van der Waals surface area contributed by atoms with Gasteiger partial charge in [0.2, 0.25) is 0 Å². The third kappa shape index (κ3) is 2.44. The van der Waals surface area contributed by atoms with Crippen LogP contribution in [0.1, 0.15) is 5.56 Å². The standard InChI is InChI=1S/C16H10N2OS/c17-10-11-8-16(18-15-7-2-1-6-14(11)15)20-13-5-3-4-12(19)9-13/h1-9,19H. The van der Waals surface area contributed by atoms with Crippen molar-refractivity contribution in [3.8, 4) is 11.8 Å². The third-order valence-corrected chi connectivity index (χ3v) is 3.76. The summed E-state index contributed by atoms with van der Waals surface area (Å²) in [5.74, 6) is 0.219. The van der Waals surface area contributed by atoms with E-state index in [0.717, 1.165) is 20.8 Å². The second kappa shape index (κ2) is 5.24. The fraction of sp³-hybridized carbons (Fsp3) is 0. The summed E-state index contributed by atoms with van der Waals surface area (Å²) in [5, 5.41) is 20.3. The lowest BCUT2D eigenvalue weighted by atomic mass is 10.1. The van der Waals surface area contributed by atoms with Crippen molar-refractivity contribution in [1.29, 1.82) is 5.26 Å². The molecule has 1 N–H and O–H groups in total. The average molecular weight is 278 g/mol. The fourth-order valence-corrected chi connectivity index (χ4v) is 2.85. The van der Waals surface area contributed by atoms with Gasteiger partial charge in [-0.05, 0) is 30.3 Å². The molecule has 0 amide bonds. The van der Waals surface area contributed by atoms with E-state index in [1.165, 1.54) is 11.8 Å². The largest absolute Gasteiger partial charge is 0.508 e. The van der Waals surface area contributed by atoms with Gasteiger partial charge in [0.1, 0.15) is 10.8 Å². The third-order valence-electron chi connectivity index (χ3n) is 2.85. The molecule has 4 heteroatoms. The van der Waals surface area contributed by atoms with Crippen LogP contribution in [0.3, 0.4) is 0 Å². The molecule has 20 heavy (non-hydrogen) atoms. The molecule has 0 spiro atoms. The monoisotopic (exact) mass is 278 g/mol. The fourth-order valence-electron chi connectivity index (χ4n) is 1.96. The van der Waals surface area contributed by atoms with E-state index in [-0.39, 0.29) is 5.75 Å². The molecule has 0 aliphatic heterocycles. The molecule has 3 aromatic rings. The topological polar surface area (TPSA) is 56.9 Å². The summed E-state index contributed by atoms with van der Waals surface area (Å²) in [4.78, 5) is 5.42. The zero-order chi connectivity index (χ0) is 13.9. The molecule has 0 radical (unpaired) electrons. The van der Waals surface area contributed by atoms with Gasteiger partial charge in [-0.3, -0.25) is 0 Å². The normalized spacial score (nSPS) is 10.3. The van der Waals surface area contributed by atoms with Gasteiger partial charge in [0.15, 0.2) is 0 Å². The van der Waals surface area contributed by atoms with Crippen molar-refractivity contribution in [2.45, 2.75) is 9.92 Å². The number of para-hydroxylation sites is 1. The minimum Gasteiger partial charge on any atom is -0.508 e. The molecule has 1 heterocycles. The van der Waals surface area contributed by atoms with Crippen LogP contribution in [0, 0.1) is 11.3 Å². The number of benzene rings is 2. The van der Waals surface area contributed by atoms with Gasteiger partial charge in [-0.2, -0.15) is 5.26 Å². The molecule has 0 unspecified atom stereocenters. The van der Waals surface area contributed by atoms with E-state index in [0.29, 0.717) is 5.56 Å². The number of phenols is 1. The first kappa shape index (κ1) is 12.5. The summed E-state index contributed by atoms with van der Waals surface area (Å²) in [6.07, 6.45) is 0. The number of hydrogen-bond donors (Lipinski definition) is 1. The maximum absolute atomic E-state index is 9.48. The van der Waals surface area contributed by atoms with E-state index in [1.807, 2.05) is 30.3 Å². The lowest BCUT2D eigenvalue weighted by Crippen LogP contribution is -1.87. The molecule has 0 aliphatic carbocycles. The summed E-state index contributed by atoms with van der Waals surface area (Å²) < 4.78 is 0.